The molecule has 0 aliphatic heterocycles. The minimum Gasteiger partial charge on any atom is -0.450 e. The van der Waals surface area contributed by atoms with Crippen molar-refractivity contribution in [3.63, 3.8) is 0 Å². The van der Waals surface area contributed by atoms with E-state index in [4.69, 9.17) is 9.15 Å². The summed E-state index contributed by atoms with van der Waals surface area (Å²) < 4.78 is 10.7. The first-order chi connectivity index (χ1) is 15.0. The molecule has 1 aliphatic carbocycles. The Morgan fingerprint density at radius 1 is 1.03 bits per heavy atom. The van der Waals surface area contributed by atoms with E-state index in [1.807, 2.05) is 18.2 Å². The minimum absolute atomic E-state index is 0.0152. The zero-order valence-electron chi connectivity index (χ0n) is 17.2. The topological polar surface area (TPSA) is 85.6 Å². The molecule has 158 valence electrons. The number of nitrogens with one attached hydrogen (secondary N) is 1. The zero-order chi connectivity index (χ0) is 21.8. The van der Waals surface area contributed by atoms with E-state index in [1.54, 1.807) is 30.3 Å². The number of furan rings is 1. The number of Topliss-reactive ketones (excluding diaryl/α,β-unsaturated/α-hetero) is 1. The van der Waals surface area contributed by atoms with E-state index < -0.39 is 5.97 Å². The molecule has 1 atom stereocenters. The molecule has 0 radical (unpaired) electrons. The van der Waals surface area contributed by atoms with Crippen LogP contribution in [0.3, 0.4) is 0 Å². The molecule has 1 aliphatic rings. The van der Waals surface area contributed by atoms with Crippen molar-refractivity contribution in [2.24, 2.45) is 0 Å². The SMILES string of the molecule is CC(=O)c1ccc(-c2ccc(C(=O)OCC(=O)N[C@@H]3CCCc4ccccc43)o2)cc1. The first kappa shape index (κ1) is 20.6. The van der Waals surface area contributed by atoms with E-state index in [-0.39, 0.29) is 30.1 Å². The Bertz CT molecular complexity index is 1110. The first-order valence-electron chi connectivity index (χ1n) is 10.3. The highest BCUT2D eigenvalue weighted by Gasteiger charge is 2.22. The summed E-state index contributed by atoms with van der Waals surface area (Å²) in [5, 5.41) is 2.95. The number of hydrogen-bond donors (Lipinski definition) is 1. The summed E-state index contributed by atoms with van der Waals surface area (Å²) in [6, 6.07) is 18.1. The third-order valence-electron chi connectivity index (χ3n) is 5.42. The van der Waals surface area contributed by atoms with Gasteiger partial charge >= 0.3 is 5.97 Å². The quantitative estimate of drug-likeness (QED) is 0.471. The second kappa shape index (κ2) is 9.00. The number of benzene rings is 2. The fraction of sp³-hybridized carbons (Fsp3) is 0.240. The van der Waals surface area contributed by atoms with Crippen LogP contribution in [0.15, 0.2) is 65.1 Å². The van der Waals surface area contributed by atoms with Crippen molar-refractivity contribution < 1.29 is 23.5 Å². The van der Waals surface area contributed by atoms with Crippen molar-refractivity contribution in [1.29, 1.82) is 0 Å². The third kappa shape index (κ3) is 4.74. The second-order valence-electron chi connectivity index (χ2n) is 7.58. The maximum atomic E-state index is 12.3. The number of esters is 1. The van der Waals surface area contributed by atoms with Crippen molar-refractivity contribution >= 4 is 17.7 Å². The van der Waals surface area contributed by atoms with Crippen LogP contribution in [0.1, 0.15) is 57.8 Å². The lowest BCUT2D eigenvalue weighted by molar-refractivity contribution is -0.125. The number of hydrogen-bond acceptors (Lipinski definition) is 5. The van der Waals surface area contributed by atoms with Gasteiger partial charge in [-0.15, -0.1) is 0 Å². The second-order valence-corrected chi connectivity index (χ2v) is 7.58. The molecular weight excluding hydrogens is 394 g/mol. The molecule has 0 saturated carbocycles. The summed E-state index contributed by atoms with van der Waals surface area (Å²) in [5.74, 6) is -0.579. The number of fused-ring (bicyclic) bond motifs is 1. The standard InChI is InChI=1S/C25H23NO5/c1-16(27)17-9-11-19(12-10-17)22-13-14-23(31-22)25(29)30-15-24(28)26-21-8-4-6-18-5-2-3-7-20(18)21/h2-3,5,7,9-14,21H,4,6,8,15H2,1H3,(H,26,28)/t21-/m1/s1. The van der Waals surface area contributed by atoms with Gasteiger partial charge in [-0.2, -0.15) is 0 Å². The van der Waals surface area contributed by atoms with Crippen LogP contribution in [-0.2, 0) is 16.0 Å². The number of ketones is 1. The summed E-state index contributed by atoms with van der Waals surface area (Å²) in [6.45, 7) is 1.13. The lowest BCUT2D eigenvalue weighted by atomic mass is 9.88. The average Bonchev–Trinajstić information content (AvgIpc) is 3.28. The Labute approximate surface area is 180 Å². The molecule has 1 N–H and O–H groups in total. The number of carbonyl (C=O) groups is 3. The average molecular weight is 417 g/mol. The molecule has 3 aromatic rings. The zero-order valence-corrected chi connectivity index (χ0v) is 17.2. The number of rotatable bonds is 6. The van der Waals surface area contributed by atoms with Crippen LogP contribution >= 0.6 is 0 Å². The van der Waals surface area contributed by atoms with Gasteiger partial charge in [0.25, 0.3) is 5.91 Å². The van der Waals surface area contributed by atoms with Gasteiger partial charge in [-0.3, -0.25) is 9.59 Å². The van der Waals surface area contributed by atoms with E-state index in [0.717, 1.165) is 30.4 Å². The molecule has 0 fully saturated rings. The van der Waals surface area contributed by atoms with Gasteiger partial charge in [-0.1, -0.05) is 48.5 Å². The lowest BCUT2D eigenvalue weighted by Crippen LogP contribution is -2.34. The van der Waals surface area contributed by atoms with Crippen molar-refractivity contribution in [3.05, 3.63) is 83.1 Å². The molecule has 0 bridgehead atoms. The van der Waals surface area contributed by atoms with Crippen LogP contribution in [-0.4, -0.2) is 24.3 Å². The first-order valence-corrected chi connectivity index (χ1v) is 10.3. The fourth-order valence-electron chi connectivity index (χ4n) is 3.81. The largest absolute Gasteiger partial charge is 0.450 e. The van der Waals surface area contributed by atoms with Crippen molar-refractivity contribution in [2.45, 2.75) is 32.2 Å². The van der Waals surface area contributed by atoms with Crippen molar-refractivity contribution in [1.82, 2.24) is 5.32 Å². The fourth-order valence-corrected chi connectivity index (χ4v) is 3.81. The van der Waals surface area contributed by atoms with Gasteiger partial charge in [0.05, 0.1) is 6.04 Å². The van der Waals surface area contributed by atoms with Gasteiger partial charge in [-0.25, -0.2) is 4.79 Å². The molecule has 1 heterocycles. The molecule has 6 nitrogen and oxygen atoms in total. The predicted molar refractivity (Wildman–Crippen MR) is 115 cm³/mol. The van der Waals surface area contributed by atoms with Crippen LogP contribution in [0.2, 0.25) is 0 Å². The van der Waals surface area contributed by atoms with E-state index in [9.17, 15) is 14.4 Å². The number of carbonyl (C=O) groups excluding carboxylic acids is 3. The maximum absolute atomic E-state index is 12.3. The van der Waals surface area contributed by atoms with Gasteiger partial charge in [0.15, 0.2) is 12.4 Å². The van der Waals surface area contributed by atoms with Crippen LogP contribution in [0.25, 0.3) is 11.3 Å². The van der Waals surface area contributed by atoms with Gasteiger partial charge in [0.2, 0.25) is 5.76 Å². The van der Waals surface area contributed by atoms with Gasteiger partial charge in [0, 0.05) is 11.1 Å². The summed E-state index contributed by atoms with van der Waals surface area (Å²) in [6.07, 6.45) is 2.88. The Morgan fingerprint density at radius 2 is 1.81 bits per heavy atom. The Hall–Kier alpha value is -3.67. The molecule has 4 rings (SSSR count). The number of aryl methyl sites for hydroxylation is 1. The van der Waals surface area contributed by atoms with Gasteiger partial charge < -0.3 is 14.5 Å². The molecular formula is C25H23NO5. The van der Waals surface area contributed by atoms with E-state index in [1.165, 1.54) is 18.6 Å². The maximum Gasteiger partial charge on any atom is 0.374 e. The molecule has 1 amide bonds. The van der Waals surface area contributed by atoms with E-state index >= 15 is 0 Å². The Balaban J connectivity index is 1.33. The smallest absolute Gasteiger partial charge is 0.374 e. The molecule has 6 heteroatoms. The molecule has 31 heavy (non-hydrogen) atoms. The predicted octanol–water partition coefficient (Wildman–Crippen LogP) is 4.50. The monoisotopic (exact) mass is 417 g/mol. The van der Waals surface area contributed by atoms with Crippen LogP contribution in [0.5, 0.6) is 0 Å². The molecule has 0 unspecified atom stereocenters. The molecule has 0 saturated heterocycles. The van der Waals surface area contributed by atoms with E-state index in [0.29, 0.717) is 11.3 Å². The van der Waals surface area contributed by atoms with Crippen LogP contribution in [0.4, 0.5) is 0 Å². The van der Waals surface area contributed by atoms with E-state index in [2.05, 4.69) is 11.4 Å². The van der Waals surface area contributed by atoms with Crippen molar-refractivity contribution in [3.8, 4) is 11.3 Å². The lowest BCUT2D eigenvalue weighted by Gasteiger charge is -2.26. The van der Waals surface area contributed by atoms with Crippen LogP contribution in [0, 0.1) is 0 Å². The van der Waals surface area contributed by atoms with Crippen LogP contribution < -0.4 is 5.32 Å². The highest BCUT2D eigenvalue weighted by atomic mass is 16.5. The van der Waals surface area contributed by atoms with Crippen molar-refractivity contribution in [2.75, 3.05) is 6.61 Å². The van der Waals surface area contributed by atoms with Gasteiger partial charge in [-0.05, 0) is 49.4 Å². The Morgan fingerprint density at radius 3 is 2.58 bits per heavy atom. The Kier molecular flexibility index (Phi) is 5.98. The molecule has 0 spiro atoms. The highest BCUT2D eigenvalue weighted by Crippen LogP contribution is 2.29. The summed E-state index contributed by atoms with van der Waals surface area (Å²) in [4.78, 5) is 36.0. The normalized spacial score (nSPS) is 15.1. The number of ether oxygens (including phenoxy) is 1. The summed E-state index contributed by atoms with van der Waals surface area (Å²) >= 11 is 0. The highest BCUT2D eigenvalue weighted by molar-refractivity contribution is 5.94. The van der Waals surface area contributed by atoms with Gasteiger partial charge in [0.1, 0.15) is 5.76 Å². The summed E-state index contributed by atoms with van der Waals surface area (Å²) in [5.41, 5.74) is 3.70. The number of amides is 1. The minimum atomic E-state index is -0.703. The molecule has 1 aromatic heterocycles. The third-order valence-corrected chi connectivity index (χ3v) is 5.42. The summed E-state index contributed by atoms with van der Waals surface area (Å²) in [7, 11) is 0. The molecule has 2 aromatic carbocycles.